The fraction of sp³-hybridized carbons (Fsp3) is 0.343. The fourth-order valence-electron chi connectivity index (χ4n) is 5.68. The minimum absolute atomic E-state index is 0.0537. The van der Waals surface area contributed by atoms with E-state index < -0.39 is 38.1 Å². The van der Waals surface area contributed by atoms with Crippen LogP contribution in [0.15, 0.2) is 115 Å². The summed E-state index contributed by atoms with van der Waals surface area (Å²) in [5.41, 5.74) is 0.810. The first-order chi connectivity index (χ1) is 21.6. The van der Waals surface area contributed by atoms with Gasteiger partial charge in [-0.05, 0) is 30.6 Å². The second-order valence-electron chi connectivity index (χ2n) is 13.2. The van der Waals surface area contributed by atoms with Gasteiger partial charge in [0.15, 0.2) is 8.32 Å². The Balaban J connectivity index is 0.000000209. The van der Waals surface area contributed by atoms with Gasteiger partial charge in [-0.1, -0.05) is 26.8 Å². The molecule has 5 rings (SSSR count). The molecule has 0 aromatic heterocycles. The predicted octanol–water partition coefficient (Wildman–Crippen LogP) is 6.42. The van der Waals surface area contributed by atoms with Gasteiger partial charge < -0.3 is 9.33 Å². The molecule has 3 aromatic rings. The van der Waals surface area contributed by atoms with E-state index in [4.69, 9.17) is 8.98 Å². The van der Waals surface area contributed by atoms with Gasteiger partial charge >= 0.3 is 149 Å². The Bertz CT molecular complexity index is 1550. The summed E-state index contributed by atoms with van der Waals surface area (Å²) in [7, 11) is -8.82. The number of nitrogens with zero attached hydrogens (tertiary/aromatic N) is 2. The Hall–Kier alpha value is -3.11. The number of hydrogen-bond donors (Lipinski definition) is 1. The van der Waals surface area contributed by atoms with Crippen LogP contribution in [0.3, 0.4) is 0 Å². The summed E-state index contributed by atoms with van der Waals surface area (Å²) in [6.07, 6.45) is 4.10. The van der Waals surface area contributed by atoms with Crippen molar-refractivity contribution in [2.75, 3.05) is 13.2 Å². The molecule has 2 amide bonds. The van der Waals surface area contributed by atoms with E-state index in [1.165, 1.54) is 20.8 Å². The maximum atomic E-state index is 12.4. The molecule has 0 spiro atoms. The van der Waals surface area contributed by atoms with Crippen molar-refractivity contribution in [2.24, 2.45) is 0 Å². The van der Waals surface area contributed by atoms with E-state index in [1.54, 1.807) is 6.92 Å². The molecule has 3 aromatic carbocycles. The van der Waals surface area contributed by atoms with Gasteiger partial charge in [-0.2, -0.15) is 13.5 Å². The minimum Gasteiger partial charge on any atom is -0.414 e. The fourth-order valence-corrected chi connectivity index (χ4v) is 11.3. The van der Waals surface area contributed by atoms with Crippen molar-refractivity contribution < 1.29 is 26.5 Å². The van der Waals surface area contributed by atoms with E-state index in [-0.39, 0.29) is 11.1 Å². The van der Waals surface area contributed by atoms with Crippen LogP contribution in [-0.4, -0.2) is 62.5 Å². The second kappa shape index (κ2) is 14.3. The summed E-state index contributed by atoms with van der Waals surface area (Å²) < 4.78 is 41.4. The SMILES string of the molecule is C/C=C/[PH](c1ccccc1)(c1ccccc1)c1ccccc1.CC1=C[C@@H](CO[Si](C)(C)C(C)(C)C)N2C[C@@H]1N(OS(=O)(=O)O)C2=O. The Kier molecular flexibility index (Phi) is 11.1. The number of benzene rings is 3. The second-order valence-corrected chi connectivity index (χ2v) is 22.7. The molecule has 8 nitrogen and oxygen atoms in total. The summed E-state index contributed by atoms with van der Waals surface area (Å²) in [5, 5.41) is 5.03. The maximum Gasteiger partial charge on any atom is 0.418 e. The Morgan fingerprint density at radius 1 is 0.913 bits per heavy atom. The van der Waals surface area contributed by atoms with E-state index in [0.29, 0.717) is 18.2 Å². The van der Waals surface area contributed by atoms with E-state index in [0.717, 1.165) is 5.57 Å². The zero-order valence-electron chi connectivity index (χ0n) is 27.8. The van der Waals surface area contributed by atoms with Gasteiger partial charge in [0.1, 0.15) is 6.04 Å². The number of allylic oxidation sites excluding steroid dienone is 1. The number of carbonyl (C=O) groups excluding carboxylic acids is 1. The predicted molar refractivity (Wildman–Crippen MR) is 192 cm³/mol. The number of amides is 2. The van der Waals surface area contributed by atoms with Gasteiger partial charge in [-0.3, -0.25) is 4.55 Å². The van der Waals surface area contributed by atoms with Crippen molar-refractivity contribution in [3.05, 3.63) is 115 Å². The number of fused-ring (bicyclic) bond motifs is 2. The summed E-state index contributed by atoms with van der Waals surface area (Å²) in [6, 6.07) is 31.4. The maximum absolute atomic E-state index is 12.4. The summed E-state index contributed by atoms with van der Waals surface area (Å²) in [5.74, 6) is 2.44. The molecule has 11 heteroatoms. The van der Waals surface area contributed by atoms with Gasteiger partial charge in [0.25, 0.3) is 0 Å². The molecule has 248 valence electrons. The summed E-state index contributed by atoms with van der Waals surface area (Å²) >= 11 is 0. The van der Waals surface area contributed by atoms with Crippen LogP contribution < -0.4 is 15.9 Å². The molecule has 0 saturated carbocycles. The molecule has 1 N–H and O–H groups in total. The van der Waals surface area contributed by atoms with Gasteiger partial charge in [-0.15, -0.1) is 4.28 Å². The quantitative estimate of drug-likeness (QED) is 0.121. The normalized spacial score (nSPS) is 19.1. The van der Waals surface area contributed by atoms with Crippen LogP contribution in [0.1, 0.15) is 34.6 Å². The third-order valence-electron chi connectivity index (χ3n) is 9.17. The zero-order chi connectivity index (χ0) is 33.8. The average molecular weight is 683 g/mol. The van der Waals surface area contributed by atoms with E-state index in [9.17, 15) is 13.2 Å². The first kappa shape index (κ1) is 35.7. The van der Waals surface area contributed by atoms with Crippen molar-refractivity contribution in [3.8, 4) is 0 Å². The largest absolute Gasteiger partial charge is 0.418 e. The van der Waals surface area contributed by atoms with Crippen LogP contribution in [0.4, 0.5) is 4.79 Å². The summed E-state index contributed by atoms with van der Waals surface area (Å²) in [6.45, 7) is 15.3. The topological polar surface area (TPSA) is 96.4 Å². The monoisotopic (exact) mass is 682 g/mol. The third-order valence-corrected chi connectivity index (χ3v) is 18.6. The first-order valence-corrected chi connectivity index (χ1v) is 21.9. The van der Waals surface area contributed by atoms with Crippen LogP contribution in [0, 0.1) is 0 Å². The first-order valence-electron chi connectivity index (χ1n) is 15.5. The summed E-state index contributed by atoms with van der Waals surface area (Å²) in [4.78, 5) is 13.9. The molecule has 2 aliphatic rings. The molecule has 0 aliphatic carbocycles. The van der Waals surface area contributed by atoms with Crippen molar-refractivity contribution in [1.29, 1.82) is 0 Å². The molecule has 2 atom stereocenters. The van der Waals surface area contributed by atoms with Crippen molar-refractivity contribution in [1.82, 2.24) is 9.96 Å². The number of rotatable bonds is 9. The van der Waals surface area contributed by atoms with Crippen LogP contribution in [-0.2, 0) is 19.1 Å². The Labute approximate surface area is 276 Å². The van der Waals surface area contributed by atoms with E-state index >= 15 is 0 Å². The van der Waals surface area contributed by atoms with Crippen LogP contribution in [0.2, 0.25) is 18.1 Å². The van der Waals surface area contributed by atoms with Crippen molar-refractivity contribution >= 4 is 47.9 Å². The van der Waals surface area contributed by atoms with Crippen molar-refractivity contribution in [2.45, 2.75) is 64.8 Å². The van der Waals surface area contributed by atoms with E-state index in [1.807, 2.05) is 6.08 Å². The number of hydrogen-bond acceptors (Lipinski definition) is 5. The molecule has 2 heterocycles. The zero-order valence-corrected chi connectivity index (χ0v) is 30.6. The van der Waals surface area contributed by atoms with Crippen LogP contribution in [0.5, 0.6) is 0 Å². The molecular weight excluding hydrogens is 636 g/mol. The van der Waals surface area contributed by atoms with Crippen LogP contribution >= 0.6 is 7.26 Å². The number of hydroxylamine groups is 2. The molecule has 2 bridgehead atoms. The van der Waals surface area contributed by atoms with Gasteiger partial charge in [0, 0.05) is 0 Å². The third kappa shape index (κ3) is 7.87. The van der Waals surface area contributed by atoms with Gasteiger partial charge in [-0.25, -0.2) is 4.79 Å². The molecular formula is C35H47N2O6PSSi. The molecule has 1 fully saturated rings. The smallest absolute Gasteiger partial charge is 0.414 e. The molecule has 46 heavy (non-hydrogen) atoms. The number of carbonyl (C=O) groups is 1. The molecule has 1 saturated heterocycles. The Morgan fingerprint density at radius 3 is 1.76 bits per heavy atom. The number of urea groups is 1. The molecule has 0 radical (unpaired) electrons. The van der Waals surface area contributed by atoms with Gasteiger partial charge in [0.2, 0.25) is 0 Å². The average Bonchev–Trinajstić information content (AvgIpc) is 3.29. The standard InChI is InChI=1S/C21H21P.C14H26N2O6SSi/c1-2-18-22(19-12-6-3-7-13-19,20-14-8-4-9-15-20)21-16-10-5-11-17-21;1-10-7-11(9-21-24(5,6)14(2,3)4)15-8-12(10)16(13(15)17)22-23(18,19)20/h2-18,22H,1H3;7,11-12H,8-9H2,1-6H3,(H,18,19,20)/b18-2+;/t;11-,12-/m.0/s1. The van der Waals surface area contributed by atoms with Crippen LogP contribution in [0.25, 0.3) is 0 Å². The molecule has 2 aliphatic heterocycles. The Morgan fingerprint density at radius 2 is 1.37 bits per heavy atom. The van der Waals surface area contributed by atoms with E-state index in [2.05, 4.69) is 148 Å². The molecule has 0 unspecified atom stereocenters. The minimum atomic E-state index is -4.75. The van der Waals surface area contributed by atoms with Gasteiger partial charge in [0.05, 0.1) is 19.2 Å². The van der Waals surface area contributed by atoms with Crippen molar-refractivity contribution in [3.63, 3.8) is 0 Å².